The van der Waals surface area contributed by atoms with Gasteiger partial charge in [-0.2, -0.15) is 0 Å². The summed E-state index contributed by atoms with van der Waals surface area (Å²) in [4.78, 5) is 7.94. The third-order valence-electron chi connectivity index (χ3n) is 5.10. The van der Waals surface area contributed by atoms with E-state index in [4.69, 9.17) is 21.1 Å². The Labute approximate surface area is 205 Å². The van der Waals surface area contributed by atoms with Crippen molar-refractivity contribution in [3.05, 3.63) is 86.9 Å². The van der Waals surface area contributed by atoms with Crippen LogP contribution in [0.2, 0.25) is 5.02 Å². The van der Waals surface area contributed by atoms with Gasteiger partial charge in [0.05, 0.1) is 27.1 Å². The zero-order valence-corrected chi connectivity index (χ0v) is 20.5. The molecular formula is C25H24BrClFN3O2. The fourth-order valence-corrected chi connectivity index (χ4v) is 4.33. The number of halogens is 3. The van der Waals surface area contributed by atoms with E-state index in [1.807, 2.05) is 43.3 Å². The van der Waals surface area contributed by atoms with E-state index >= 15 is 0 Å². The average molecular weight is 533 g/mol. The van der Waals surface area contributed by atoms with Crippen LogP contribution in [0.1, 0.15) is 23.9 Å². The van der Waals surface area contributed by atoms with Gasteiger partial charge in [-0.3, -0.25) is 0 Å². The number of H-pyrrole nitrogens is 1. The first-order valence-corrected chi connectivity index (χ1v) is 11.9. The van der Waals surface area contributed by atoms with E-state index in [-0.39, 0.29) is 6.61 Å². The second kappa shape index (κ2) is 11.0. The number of imidazole rings is 1. The summed E-state index contributed by atoms with van der Waals surface area (Å²) >= 11 is 9.69. The molecule has 4 rings (SSSR count). The molecule has 4 aromatic rings. The summed E-state index contributed by atoms with van der Waals surface area (Å²) in [5, 5.41) is 3.77. The molecule has 1 heterocycles. The van der Waals surface area contributed by atoms with Crippen molar-refractivity contribution in [2.45, 2.75) is 26.5 Å². The molecule has 33 heavy (non-hydrogen) atoms. The summed E-state index contributed by atoms with van der Waals surface area (Å²) in [6.45, 7) is 3.80. The van der Waals surface area contributed by atoms with E-state index in [2.05, 4.69) is 31.2 Å². The Kier molecular flexibility index (Phi) is 7.85. The molecule has 5 nitrogen and oxygen atoms in total. The molecule has 0 aliphatic heterocycles. The number of nitrogens with one attached hydrogen (secondary N) is 2. The molecule has 0 radical (unpaired) electrons. The van der Waals surface area contributed by atoms with Gasteiger partial charge in [-0.1, -0.05) is 29.8 Å². The van der Waals surface area contributed by atoms with Crippen molar-refractivity contribution < 1.29 is 13.9 Å². The van der Waals surface area contributed by atoms with Crippen LogP contribution in [0.4, 0.5) is 4.39 Å². The SMILES string of the molecule is CCOc1cc(CNCCc2nc3ccccc3[nH]2)cc(Br)c1OCc1c(F)cccc1Cl. The Morgan fingerprint density at radius 3 is 2.76 bits per heavy atom. The number of fused-ring (bicyclic) bond motifs is 1. The molecule has 0 aliphatic carbocycles. The maximum absolute atomic E-state index is 14.1. The first-order chi connectivity index (χ1) is 16.0. The summed E-state index contributed by atoms with van der Waals surface area (Å²) in [7, 11) is 0. The minimum Gasteiger partial charge on any atom is -0.490 e. The predicted molar refractivity (Wildman–Crippen MR) is 133 cm³/mol. The molecule has 3 aromatic carbocycles. The van der Waals surface area contributed by atoms with E-state index in [0.29, 0.717) is 35.2 Å². The number of para-hydroxylation sites is 2. The number of rotatable bonds is 10. The van der Waals surface area contributed by atoms with Crippen LogP contribution >= 0.6 is 27.5 Å². The Balaban J connectivity index is 1.39. The molecule has 0 unspecified atom stereocenters. The van der Waals surface area contributed by atoms with Gasteiger partial charge in [0, 0.05) is 25.1 Å². The Bertz CT molecular complexity index is 1190. The number of aromatic amines is 1. The summed E-state index contributed by atoms with van der Waals surface area (Å²) in [5.41, 5.74) is 3.37. The van der Waals surface area contributed by atoms with Crippen LogP contribution in [0.5, 0.6) is 11.5 Å². The first kappa shape index (κ1) is 23.5. The van der Waals surface area contributed by atoms with Crippen molar-refractivity contribution >= 4 is 38.6 Å². The molecular weight excluding hydrogens is 509 g/mol. The Hall–Kier alpha value is -2.61. The van der Waals surface area contributed by atoms with E-state index in [9.17, 15) is 4.39 Å². The van der Waals surface area contributed by atoms with Gasteiger partial charge in [0.25, 0.3) is 0 Å². The monoisotopic (exact) mass is 531 g/mol. The molecule has 0 amide bonds. The summed E-state index contributed by atoms with van der Waals surface area (Å²) in [6.07, 6.45) is 0.790. The number of benzene rings is 3. The van der Waals surface area contributed by atoms with Gasteiger partial charge in [-0.15, -0.1) is 0 Å². The predicted octanol–water partition coefficient (Wildman–Crippen LogP) is 6.43. The summed E-state index contributed by atoms with van der Waals surface area (Å²) in [6, 6.07) is 16.5. The van der Waals surface area contributed by atoms with Gasteiger partial charge in [0.2, 0.25) is 0 Å². The van der Waals surface area contributed by atoms with Crippen molar-refractivity contribution in [2.24, 2.45) is 0 Å². The van der Waals surface area contributed by atoms with Gasteiger partial charge in [-0.05, 0) is 64.8 Å². The number of hydrogen-bond donors (Lipinski definition) is 2. The number of nitrogens with zero attached hydrogens (tertiary/aromatic N) is 1. The summed E-state index contributed by atoms with van der Waals surface area (Å²) in [5.74, 6) is 1.66. The number of hydrogen-bond acceptors (Lipinski definition) is 4. The maximum atomic E-state index is 14.1. The van der Waals surface area contributed by atoms with E-state index in [1.54, 1.807) is 12.1 Å². The van der Waals surface area contributed by atoms with Crippen molar-refractivity contribution in [3.63, 3.8) is 0 Å². The quantitative estimate of drug-likeness (QED) is 0.231. The molecule has 0 spiro atoms. The molecule has 172 valence electrons. The molecule has 0 saturated heterocycles. The van der Waals surface area contributed by atoms with Crippen LogP contribution in [0.15, 0.2) is 59.1 Å². The smallest absolute Gasteiger partial charge is 0.175 e. The van der Waals surface area contributed by atoms with Crippen molar-refractivity contribution in [3.8, 4) is 11.5 Å². The molecule has 0 atom stereocenters. The third kappa shape index (κ3) is 5.85. The highest BCUT2D eigenvalue weighted by Gasteiger charge is 2.15. The lowest BCUT2D eigenvalue weighted by Gasteiger charge is -2.16. The normalized spacial score (nSPS) is 11.2. The lowest BCUT2D eigenvalue weighted by Crippen LogP contribution is -2.17. The second-order valence-corrected chi connectivity index (χ2v) is 8.72. The zero-order chi connectivity index (χ0) is 23.2. The van der Waals surface area contributed by atoms with Crippen molar-refractivity contribution in [2.75, 3.05) is 13.2 Å². The Morgan fingerprint density at radius 2 is 1.97 bits per heavy atom. The first-order valence-electron chi connectivity index (χ1n) is 10.7. The molecule has 1 aromatic heterocycles. The highest BCUT2D eigenvalue weighted by Crippen LogP contribution is 2.38. The number of ether oxygens (including phenoxy) is 2. The Morgan fingerprint density at radius 1 is 1.12 bits per heavy atom. The molecule has 0 aliphatic rings. The van der Waals surface area contributed by atoms with Gasteiger partial charge in [0.1, 0.15) is 18.2 Å². The standard InChI is InChI=1S/C25H24BrClFN3O2/c1-2-32-23-13-16(14-29-11-10-24-30-21-8-3-4-9-22(21)31-24)12-18(26)25(23)33-15-17-19(27)6-5-7-20(17)28/h3-9,12-13,29H,2,10-11,14-15H2,1H3,(H,30,31). The minimum absolute atomic E-state index is 0.000716. The highest BCUT2D eigenvalue weighted by molar-refractivity contribution is 9.10. The number of aromatic nitrogens is 2. The van der Waals surface area contributed by atoms with E-state index in [1.165, 1.54) is 6.07 Å². The summed E-state index contributed by atoms with van der Waals surface area (Å²) < 4.78 is 26.5. The van der Waals surface area contributed by atoms with Crippen LogP contribution in [0, 0.1) is 5.82 Å². The lowest BCUT2D eigenvalue weighted by atomic mass is 10.2. The maximum Gasteiger partial charge on any atom is 0.175 e. The van der Waals surface area contributed by atoms with Crippen LogP contribution in [0.3, 0.4) is 0 Å². The third-order valence-corrected chi connectivity index (χ3v) is 6.04. The largest absolute Gasteiger partial charge is 0.490 e. The fraction of sp³-hybridized carbons (Fsp3) is 0.240. The van der Waals surface area contributed by atoms with Gasteiger partial charge < -0.3 is 19.8 Å². The fourth-order valence-electron chi connectivity index (χ4n) is 3.50. The molecule has 2 N–H and O–H groups in total. The average Bonchev–Trinajstić information content (AvgIpc) is 3.21. The van der Waals surface area contributed by atoms with Crippen LogP contribution < -0.4 is 14.8 Å². The van der Waals surface area contributed by atoms with E-state index < -0.39 is 5.82 Å². The van der Waals surface area contributed by atoms with Gasteiger partial charge in [-0.25, -0.2) is 9.37 Å². The van der Waals surface area contributed by atoms with Crippen molar-refractivity contribution in [1.82, 2.24) is 15.3 Å². The van der Waals surface area contributed by atoms with Crippen LogP contribution in [0.25, 0.3) is 11.0 Å². The van der Waals surface area contributed by atoms with Gasteiger partial charge >= 0.3 is 0 Å². The minimum atomic E-state index is -0.401. The highest BCUT2D eigenvalue weighted by atomic mass is 79.9. The van der Waals surface area contributed by atoms with Crippen LogP contribution in [-0.2, 0) is 19.6 Å². The molecule has 0 fully saturated rings. The topological polar surface area (TPSA) is 59.2 Å². The molecule has 8 heteroatoms. The van der Waals surface area contributed by atoms with Crippen molar-refractivity contribution in [1.29, 1.82) is 0 Å². The zero-order valence-electron chi connectivity index (χ0n) is 18.1. The lowest BCUT2D eigenvalue weighted by molar-refractivity contribution is 0.264. The van der Waals surface area contributed by atoms with E-state index in [0.717, 1.165) is 39.9 Å². The second-order valence-electron chi connectivity index (χ2n) is 7.45. The van der Waals surface area contributed by atoms with Crippen LogP contribution in [-0.4, -0.2) is 23.1 Å². The molecule has 0 bridgehead atoms. The molecule has 0 saturated carbocycles. The van der Waals surface area contributed by atoms with Gasteiger partial charge in [0.15, 0.2) is 11.5 Å².